The molecule has 0 aliphatic carbocycles. The topological polar surface area (TPSA) is 33.1 Å². The number of rotatable bonds is 4. The van der Waals surface area contributed by atoms with Crippen molar-refractivity contribution in [2.45, 2.75) is 39.0 Å². The quantitative estimate of drug-likeness (QED) is 0.882. The van der Waals surface area contributed by atoms with E-state index in [9.17, 15) is 18.3 Å². The molecule has 1 N–H and O–H groups in total. The van der Waals surface area contributed by atoms with Crippen LogP contribution in [0.3, 0.4) is 0 Å². The van der Waals surface area contributed by atoms with Crippen LogP contribution in [0.1, 0.15) is 44.2 Å². The highest BCUT2D eigenvalue weighted by atomic mass is 19.4. The first kappa shape index (κ1) is 14.0. The summed E-state index contributed by atoms with van der Waals surface area (Å²) in [5, 5.41) is 9.73. The zero-order valence-electron chi connectivity index (χ0n) is 9.83. The summed E-state index contributed by atoms with van der Waals surface area (Å²) in [6.07, 6.45) is -4.22. The van der Waals surface area contributed by atoms with E-state index in [0.29, 0.717) is 12.3 Å². The lowest BCUT2D eigenvalue weighted by Crippen LogP contribution is -2.11. The van der Waals surface area contributed by atoms with Gasteiger partial charge in [-0.15, -0.1) is 0 Å². The van der Waals surface area contributed by atoms with Gasteiger partial charge in [0.1, 0.15) is 5.69 Å². The number of alkyl halides is 3. The normalized spacial score (nSPS) is 14.1. The first-order valence-corrected chi connectivity index (χ1v) is 5.53. The second kappa shape index (κ2) is 5.49. The average Bonchev–Trinajstić information content (AvgIpc) is 2.25. The summed E-state index contributed by atoms with van der Waals surface area (Å²) in [7, 11) is 0. The van der Waals surface area contributed by atoms with Crippen LogP contribution >= 0.6 is 0 Å². The van der Waals surface area contributed by atoms with Crippen LogP contribution in [0, 0.1) is 5.92 Å². The van der Waals surface area contributed by atoms with Gasteiger partial charge in [-0.25, -0.2) is 4.98 Å². The lowest BCUT2D eigenvalue weighted by molar-refractivity contribution is -0.141. The van der Waals surface area contributed by atoms with Gasteiger partial charge in [-0.3, -0.25) is 0 Å². The molecule has 1 rings (SSSR count). The minimum absolute atomic E-state index is 0.0838. The standard InChI is InChI=1S/C12H16F3NO/c1-8(2)6-7-10(17)9-4-3-5-11(16-9)12(13,14)15/h3-5,8,10,17H,6-7H2,1-2H3/t10-/m0/s1. The fraction of sp³-hybridized carbons (Fsp3) is 0.583. The minimum Gasteiger partial charge on any atom is -0.387 e. The maximum absolute atomic E-state index is 12.4. The van der Waals surface area contributed by atoms with E-state index in [-0.39, 0.29) is 5.69 Å². The van der Waals surface area contributed by atoms with Crippen LogP contribution in [-0.4, -0.2) is 10.1 Å². The molecule has 0 saturated carbocycles. The first-order valence-electron chi connectivity index (χ1n) is 5.53. The molecule has 96 valence electrons. The molecule has 0 bridgehead atoms. The summed E-state index contributed by atoms with van der Waals surface area (Å²) in [4.78, 5) is 3.45. The van der Waals surface area contributed by atoms with E-state index in [1.54, 1.807) is 0 Å². The highest BCUT2D eigenvalue weighted by Crippen LogP contribution is 2.29. The Balaban J connectivity index is 2.77. The molecule has 0 radical (unpaired) electrons. The number of hydrogen-bond acceptors (Lipinski definition) is 2. The lowest BCUT2D eigenvalue weighted by Gasteiger charge is -2.13. The molecule has 0 aliphatic heterocycles. The molecular weight excluding hydrogens is 231 g/mol. The van der Waals surface area contributed by atoms with Crippen LogP contribution in [-0.2, 0) is 6.18 Å². The van der Waals surface area contributed by atoms with Crippen LogP contribution in [0.5, 0.6) is 0 Å². The van der Waals surface area contributed by atoms with Crippen molar-refractivity contribution in [2.24, 2.45) is 5.92 Å². The molecule has 0 amide bonds. The number of aliphatic hydroxyl groups excluding tert-OH is 1. The van der Waals surface area contributed by atoms with E-state index >= 15 is 0 Å². The fourth-order valence-electron chi connectivity index (χ4n) is 1.43. The maximum Gasteiger partial charge on any atom is 0.433 e. The van der Waals surface area contributed by atoms with Crippen LogP contribution in [0.25, 0.3) is 0 Å². The smallest absolute Gasteiger partial charge is 0.387 e. The average molecular weight is 247 g/mol. The van der Waals surface area contributed by atoms with Crippen molar-refractivity contribution in [3.05, 3.63) is 29.6 Å². The maximum atomic E-state index is 12.4. The molecular formula is C12H16F3NO. The van der Waals surface area contributed by atoms with Crippen molar-refractivity contribution >= 4 is 0 Å². The van der Waals surface area contributed by atoms with Gasteiger partial charge in [0.25, 0.3) is 0 Å². The van der Waals surface area contributed by atoms with Crippen molar-refractivity contribution < 1.29 is 18.3 Å². The Morgan fingerprint density at radius 1 is 1.24 bits per heavy atom. The van der Waals surface area contributed by atoms with Gasteiger partial charge in [0.05, 0.1) is 11.8 Å². The summed E-state index contributed by atoms with van der Waals surface area (Å²) in [5.41, 5.74) is -0.876. The Kier molecular flexibility index (Phi) is 4.51. The number of halogens is 3. The van der Waals surface area contributed by atoms with Crippen molar-refractivity contribution in [2.75, 3.05) is 0 Å². The minimum atomic E-state index is -4.46. The third kappa shape index (κ3) is 4.34. The summed E-state index contributed by atoms with van der Waals surface area (Å²) < 4.78 is 37.2. The Morgan fingerprint density at radius 3 is 2.41 bits per heavy atom. The number of nitrogens with zero attached hydrogens (tertiary/aromatic N) is 1. The fourth-order valence-corrected chi connectivity index (χ4v) is 1.43. The first-order chi connectivity index (χ1) is 7.80. The largest absolute Gasteiger partial charge is 0.433 e. The highest BCUT2D eigenvalue weighted by Gasteiger charge is 2.32. The Morgan fingerprint density at radius 2 is 1.88 bits per heavy atom. The number of aromatic nitrogens is 1. The number of pyridine rings is 1. The Hall–Kier alpha value is -1.10. The molecule has 1 heterocycles. The molecule has 0 saturated heterocycles. The molecule has 1 aromatic heterocycles. The van der Waals surface area contributed by atoms with Crippen molar-refractivity contribution in [1.82, 2.24) is 4.98 Å². The van der Waals surface area contributed by atoms with E-state index < -0.39 is 18.0 Å². The van der Waals surface area contributed by atoms with Gasteiger partial charge in [0.15, 0.2) is 0 Å². The molecule has 5 heteroatoms. The number of aliphatic hydroxyl groups is 1. The zero-order valence-corrected chi connectivity index (χ0v) is 9.83. The summed E-state index contributed by atoms with van der Waals surface area (Å²) >= 11 is 0. The second-order valence-corrected chi connectivity index (χ2v) is 4.43. The third-order valence-corrected chi connectivity index (χ3v) is 2.42. The third-order valence-electron chi connectivity index (χ3n) is 2.42. The van der Waals surface area contributed by atoms with E-state index in [4.69, 9.17) is 0 Å². The molecule has 17 heavy (non-hydrogen) atoms. The molecule has 1 aromatic rings. The second-order valence-electron chi connectivity index (χ2n) is 4.43. The summed E-state index contributed by atoms with van der Waals surface area (Å²) in [6.45, 7) is 3.98. The molecule has 0 fully saturated rings. The highest BCUT2D eigenvalue weighted by molar-refractivity contribution is 5.15. The van der Waals surface area contributed by atoms with E-state index in [1.165, 1.54) is 12.1 Å². The van der Waals surface area contributed by atoms with Crippen LogP contribution in [0.15, 0.2) is 18.2 Å². The molecule has 0 spiro atoms. The SMILES string of the molecule is CC(C)CC[C@H](O)c1cccc(C(F)(F)F)n1. The van der Waals surface area contributed by atoms with Crippen LogP contribution < -0.4 is 0 Å². The van der Waals surface area contributed by atoms with Crippen molar-refractivity contribution in [3.63, 3.8) is 0 Å². The van der Waals surface area contributed by atoms with E-state index in [0.717, 1.165) is 12.5 Å². The molecule has 0 aromatic carbocycles. The van der Waals surface area contributed by atoms with Gasteiger partial charge in [-0.2, -0.15) is 13.2 Å². The molecule has 2 nitrogen and oxygen atoms in total. The predicted octanol–water partition coefficient (Wildman–Crippen LogP) is 3.57. The number of hydrogen-bond donors (Lipinski definition) is 1. The summed E-state index contributed by atoms with van der Waals surface area (Å²) in [5.74, 6) is 0.399. The lowest BCUT2D eigenvalue weighted by atomic mass is 10.0. The predicted molar refractivity (Wildman–Crippen MR) is 58.3 cm³/mol. The Bertz CT molecular complexity index is 363. The van der Waals surface area contributed by atoms with Gasteiger partial charge in [-0.1, -0.05) is 19.9 Å². The van der Waals surface area contributed by atoms with Crippen molar-refractivity contribution in [1.29, 1.82) is 0 Å². The summed E-state index contributed by atoms with van der Waals surface area (Å²) in [6, 6.07) is 3.59. The van der Waals surface area contributed by atoms with Crippen LogP contribution in [0.4, 0.5) is 13.2 Å². The van der Waals surface area contributed by atoms with E-state index in [1.807, 2.05) is 13.8 Å². The van der Waals surface area contributed by atoms with Gasteiger partial charge in [-0.05, 0) is 30.9 Å². The molecule has 1 atom stereocenters. The van der Waals surface area contributed by atoms with Gasteiger partial charge in [0, 0.05) is 0 Å². The monoisotopic (exact) mass is 247 g/mol. The van der Waals surface area contributed by atoms with E-state index in [2.05, 4.69) is 4.98 Å². The molecule has 0 unspecified atom stereocenters. The van der Waals surface area contributed by atoms with Gasteiger partial charge < -0.3 is 5.11 Å². The molecule has 0 aliphatic rings. The Labute approximate surface area is 98.5 Å². The van der Waals surface area contributed by atoms with Crippen LogP contribution in [0.2, 0.25) is 0 Å². The van der Waals surface area contributed by atoms with Gasteiger partial charge in [0.2, 0.25) is 0 Å². The van der Waals surface area contributed by atoms with Crippen molar-refractivity contribution in [3.8, 4) is 0 Å². The zero-order chi connectivity index (χ0) is 13.1. The van der Waals surface area contributed by atoms with Gasteiger partial charge >= 0.3 is 6.18 Å².